The molecule has 4 rings (SSSR count). The van der Waals surface area contributed by atoms with Crippen LogP contribution in [0.5, 0.6) is 0 Å². The second-order valence-electron chi connectivity index (χ2n) is 8.69. The van der Waals surface area contributed by atoms with Crippen molar-refractivity contribution in [3.63, 3.8) is 0 Å². The highest BCUT2D eigenvalue weighted by Crippen LogP contribution is 2.31. The van der Waals surface area contributed by atoms with Gasteiger partial charge in [-0.05, 0) is 37.1 Å². The molecule has 38 heavy (non-hydrogen) atoms. The number of hydrogen-bond acceptors (Lipinski definition) is 6. The van der Waals surface area contributed by atoms with Gasteiger partial charge in [-0.1, -0.05) is 78.0 Å². The normalized spacial score (nSPS) is 12.3. The van der Waals surface area contributed by atoms with E-state index in [4.69, 9.17) is 9.26 Å². The number of aliphatic carboxylic acids is 1. The number of carboxylic acid groups (broad SMARTS) is 1. The lowest BCUT2D eigenvalue weighted by Crippen LogP contribution is -2.42. The van der Waals surface area contributed by atoms with Crippen LogP contribution in [0.4, 0.5) is 10.5 Å². The van der Waals surface area contributed by atoms with Crippen molar-refractivity contribution in [2.75, 3.05) is 5.32 Å². The number of anilines is 1. The number of aromatic nitrogens is 1. The molecule has 3 aromatic carbocycles. The third-order valence-corrected chi connectivity index (χ3v) is 5.94. The molecule has 1 aromatic heterocycles. The summed E-state index contributed by atoms with van der Waals surface area (Å²) in [6.45, 7) is 3.46. The quantitative estimate of drug-likeness (QED) is 0.274. The molecule has 194 valence electrons. The van der Waals surface area contributed by atoms with E-state index in [1.165, 1.54) is 0 Å². The van der Waals surface area contributed by atoms with Crippen LogP contribution in [0, 0.1) is 6.92 Å². The van der Waals surface area contributed by atoms with Gasteiger partial charge in [0, 0.05) is 17.5 Å². The second-order valence-corrected chi connectivity index (χ2v) is 8.69. The van der Waals surface area contributed by atoms with Crippen molar-refractivity contribution in [1.82, 2.24) is 10.5 Å². The van der Waals surface area contributed by atoms with E-state index in [1.54, 1.807) is 50.2 Å². The molecule has 0 fully saturated rings. The Kier molecular flexibility index (Phi) is 8.17. The van der Waals surface area contributed by atoms with E-state index in [-0.39, 0.29) is 12.0 Å². The molecular formula is C29H27N3O6. The molecular weight excluding hydrogens is 486 g/mol. The zero-order valence-corrected chi connectivity index (χ0v) is 20.9. The number of aryl methyl sites for hydroxylation is 1. The first-order valence-electron chi connectivity index (χ1n) is 12.0. The molecule has 0 saturated heterocycles. The van der Waals surface area contributed by atoms with Crippen LogP contribution in [0.15, 0.2) is 89.5 Å². The average molecular weight is 514 g/mol. The summed E-state index contributed by atoms with van der Waals surface area (Å²) < 4.78 is 10.9. The largest absolute Gasteiger partial charge is 0.480 e. The third-order valence-electron chi connectivity index (χ3n) is 5.94. The summed E-state index contributed by atoms with van der Waals surface area (Å²) in [5.74, 6) is -1.35. The van der Waals surface area contributed by atoms with Crippen LogP contribution in [0.3, 0.4) is 0 Å². The number of hydrogen-bond donors (Lipinski definition) is 3. The maximum absolute atomic E-state index is 12.7. The van der Waals surface area contributed by atoms with E-state index >= 15 is 0 Å². The number of carboxylic acids is 1. The second kappa shape index (κ2) is 11.9. The summed E-state index contributed by atoms with van der Waals surface area (Å²) in [4.78, 5) is 37.0. The van der Waals surface area contributed by atoms with Crippen LogP contribution in [-0.2, 0) is 16.0 Å². The zero-order valence-electron chi connectivity index (χ0n) is 20.9. The molecule has 0 aliphatic carbocycles. The van der Waals surface area contributed by atoms with Gasteiger partial charge in [0.1, 0.15) is 23.5 Å². The fraction of sp³-hybridized carbons (Fsp3) is 0.172. The summed E-state index contributed by atoms with van der Waals surface area (Å²) in [6.07, 6.45) is -0.970. The van der Waals surface area contributed by atoms with Gasteiger partial charge in [0.15, 0.2) is 5.76 Å². The lowest BCUT2D eigenvalue weighted by atomic mass is 10.0. The number of benzene rings is 3. The molecule has 4 aromatic rings. The van der Waals surface area contributed by atoms with Gasteiger partial charge in [0.05, 0.1) is 0 Å². The fourth-order valence-corrected chi connectivity index (χ4v) is 3.86. The highest BCUT2D eigenvalue weighted by atomic mass is 16.6. The van der Waals surface area contributed by atoms with E-state index in [0.29, 0.717) is 22.7 Å². The van der Waals surface area contributed by atoms with Gasteiger partial charge in [0.25, 0.3) is 5.91 Å². The maximum Gasteiger partial charge on any atom is 0.412 e. The summed E-state index contributed by atoms with van der Waals surface area (Å²) in [5, 5.41) is 18.8. The highest BCUT2D eigenvalue weighted by Gasteiger charge is 2.23. The van der Waals surface area contributed by atoms with Crippen molar-refractivity contribution in [1.29, 1.82) is 0 Å². The minimum Gasteiger partial charge on any atom is -0.480 e. The average Bonchev–Trinajstić information content (AvgIpc) is 3.28. The van der Waals surface area contributed by atoms with Crippen molar-refractivity contribution >= 4 is 23.7 Å². The molecule has 2 atom stereocenters. The summed E-state index contributed by atoms with van der Waals surface area (Å²) >= 11 is 0. The van der Waals surface area contributed by atoms with Crippen molar-refractivity contribution < 1.29 is 28.8 Å². The predicted octanol–water partition coefficient (Wildman–Crippen LogP) is 5.39. The third kappa shape index (κ3) is 6.44. The molecule has 0 bridgehead atoms. The Balaban J connectivity index is 1.43. The van der Waals surface area contributed by atoms with Gasteiger partial charge in [-0.15, -0.1) is 0 Å². The first-order chi connectivity index (χ1) is 18.3. The Labute approximate surface area is 219 Å². The number of amides is 2. The van der Waals surface area contributed by atoms with Crippen molar-refractivity contribution in [3.05, 3.63) is 107 Å². The maximum atomic E-state index is 12.7. The molecule has 0 spiro atoms. The summed E-state index contributed by atoms with van der Waals surface area (Å²) in [6, 6.07) is 23.7. The molecule has 3 N–H and O–H groups in total. The van der Waals surface area contributed by atoms with Crippen LogP contribution in [0.1, 0.15) is 40.2 Å². The van der Waals surface area contributed by atoms with Crippen molar-refractivity contribution in [2.45, 2.75) is 32.4 Å². The first kappa shape index (κ1) is 26.2. The topological polar surface area (TPSA) is 131 Å². The molecule has 9 nitrogen and oxygen atoms in total. The lowest BCUT2D eigenvalue weighted by molar-refractivity contribution is -0.139. The molecule has 1 heterocycles. The van der Waals surface area contributed by atoms with Crippen LogP contribution in [0.2, 0.25) is 0 Å². The van der Waals surface area contributed by atoms with Gasteiger partial charge < -0.3 is 19.7 Å². The van der Waals surface area contributed by atoms with E-state index in [2.05, 4.69) is 15.8 Å². The summed E-state index contributed by atoms with van der Waals surface area (Å²) in [7, 11) is 0. The van der Waals surface area contributed by atoms with Gasteiger partial charge in [-0.3, -0.25) is 10.1 Å². The standard InChI is InChI=1S/C29H27N3O6/c1-18-25(31-29(36)37-19(2)21-11-7-4-8-12-21)26(38-32-18)22-13-15-23(16-14-22)27(33)30-24(28(34)35)17-20-9-5-3-6-10-20/h3-16,19,24H,17H2,1-2H3,(H,30,33)(H,31,36)(H,34,35)/t19?,24-/m0/s1. The number of nitrogens with one attached hydrogen (secondary N) is 2. The van der Waals surface area contributed by atoms with Crippen molar-refractivity contribution in [2.24, 2.45) is 0 Å². The number of ether oxygens (including phenoxy) is 1. The number of rotatable bonds is 9. The van der Waals surface area contributed by atoms with Crippen LogP contribution in [0.25, 0.3) is 11.3 Å². The van der Waals surface area contributed by atoms with Crippen molar-refractivity contribution in [3.8, 4) is 11.3 Å². The molecule has 1 unspecified atom stereocenters. The zero-order chi connectivity index (χ0) is 27.1. The minimum atomic E-state index is -1.12. The predicted molar refractivity (Wildman–Crippen MR) is 141 cm³/mol. The van der Waals surface area contributed by atoms with Crippen LogP contribution in [-0.4, -0.2) is 34.3 Å². The molecule has 2 amide bonds. The number of carbonyl (C=O) groups is 3. The van der Waals surface area contributed by atoms with Gasteiger partial charge >= 0.3 is 12.1 Å². The van der Waals surface area contributed by atoms with Crippen LogP contribution >= 0.6 is 0 Å². The Morgan fingerprint density at radius 3 is 2.21 bits per heavy atom. The molecule has 0 aliphatic heterocycles. The van der Waals surface area contributed by atoms with E-state index in [9.17, 15) is 19.5 Å². The monoisotopic (exact) mass is 513 g/mol. The van der Waals surface area contributed by atoms with E-state index in [0.717, 1.165) is 11.1 Å². The number of carbonyl (C=O) groups excluding carboxylic acids is 2. The van der Waals surface area contributed by atoms with Crippen LogP contribution < -0.4 is 10.6 Å². The highest BCUT2D eigenvalue weighted by molar-refractivity contribution is 5.97. The summed E-state index contributed by atoms with van der Waals surface area (Å²) in [5.41, 5.74) is 3.29. The first-order valence-corrected chi connectivity index (χ1v) is 12.0. The lowest BCUT2D eigenvalue weighted by Gasteiger charge is -2.15. The van der Waals surface area contributed by atoms with Gasteiger partial charge in [-0.2, -0.15) is 0 Å². The van der Waals surface area contributed by atoms with Gasteiger partial charge in [0.2, 0.25) is 0 Å². The molecule has 9 heteroatoms. The Bertz CT molecular complexity index is 1400. The Morgan fingerprint density at radius 1 is 0.947 bits per heavy atom. The minimum absolute atomic E-state index is 0.158. The number of nitrogens with zero attached hydrogens (tertiary/aromatic N) is 1. The smallest absolute Gasteiger partial charge is 0.412 e. The SMILES string of the molecule is Cc1noc(-c2ccc(C(=O)N[C@@H](Cc3ccccc3)C(=O)O)cc2)c1NC(=O)OC(C)c1ccccc1. The Hall–Kier alpha value is -4.92. The Morgan fingerprint density at radius 2 is 1.58 bits per heavy atom. The van der Waals surface area contributed by atoms with E-state index in [1.807, 2.05) is 48.5 Å². The van der Waals surface area contributed by atoms with E-state index < -0.39 is 30.1 Å². The molecule has 0 radical (unpaired) electrons. The molecule has 0 saturated carbocycles. The molecule has 0 aliphatic rings. The fourth-order valence-electron chi connectivity index (χ4n) is 3.86. The van der Waals surface area contributed by atoms with Gasteiger partial charge in [-0.25, -0.2) is 9.59 Å².